The van der Waals surface area contributed by atoms with E-state index in [4.69, 9.17) is 5.11 Å². The summed E-state index contributed by atoms with van der Waals surface area (Å²) in [6.07, 6.45) is 0. The lowest BCUT2D eigenvalue weighted by molar-refractivity contribution is 0.0697. The Morgan fingerprint density at radius 3 is 2.72 bits per heavy atom. The van der Waals surface area contributed by atoms with Gasteiger partial charge < -0.3 is 10.4 Å². The number of nitrogens with zero attached hydrogens (tertiary/aromatic N) is 1. The molecule has 0 aromatic carbocycles. The van der Waals surface area contributed by atoms with Crippen molar-refractivity contribution in [3.8, 4) is 10.6 Å². The van der Waals surface area contributed by atoms with Crippen LogP contribution in [0.5, 0.6) is 0 Å². The number of hydrogen-bond acceptors (Lipinski definition) is 4. The fraction of sp³-hybridized carbons (Fsp3) is 0.231. The summed E-state index contributed by atoms with van der Waals surface area (Å²) in [5.41, 5.74) is 0.988. The molecule has 2 aromatic heterocycles. The molecule has 2 N–H and O–H groups in total. The average molecular weight is 262 g/mol. The Bertz CT molecular complexity index is 550. The molecule has 0 amide bonds. The van der Waals surface area contributed by atoms with Crippen LogP contribution in [0.25, 0.3) is 10.6 Å². The summed E-state index contributed by atoms with van der Waals surface area (Å²) in [6.45, 7) is 3.90. The highest BCUT2D eigenvalue weighted by atomic mass is 32.1. The van der Waals surface area contributed by atoms with Crippen LogP contribution in [0, 0.1) is 0 Å². The Morgan fingerprint density at radius 2 is 2.17 bits per heavy atom. The topological polar surface area (TPSA) is 62.2 Å². The highest BCUT2D eigenvalue weighted by molar-refractivity contribution is 7.13. The van der Waals surface area contributed by atoms with Crippen molar-refractivity contribution in [3.05, 3.63) is 35.2 Å². The highest BCUT2D eigenvalue weighted by Gasteiger charge is 2.14. The molecule has 0 unspecified atom stereocenters. The lowest BCUT2D eigenvalue weighted by Gasteiger charge is -2.12. The van der Waals surface area contributed by atoms with Crippen LogP contribution in [0.3, 0.4) is 0 Å². The minimum absolute atomic E-state index is 0.134. The van der Waals surface area contributed by atoms with Crippen molar-refractivity contribution in [1.29, 1.82) is 0 Å². The number of hydrogen-bond donors (Lipinski definition) is 2. The van der Waals surface area contributed by atoms with Gasteiger partial charge in [-0.1, -0.05) is 6.07 Å². The summed E-state index contributed by atoms with van der Waals surface area (Å²) in [6, 6.07) is 7.37. The van der Waals surface area contributed by atoms with Crippen molar-refractivity contribution in [3.63, 3.8) is 0 Å². The van der Waals surface area contributed by atoms with Gasteiger partial charge in [0.15, 0.2) is 0 Å². The van der Waals surface area contributed by atoms with Crippen LogP contribution in [-0.2, 0) is 0 Å². The molecule has 94 valence electrons. The number of carboxylic acids is 1. The maximum atomic E-state index is 11.1. The molecule has 2 aromatic rings. The lowest BCUT2D eigenvalue weighted by Crippen LogP contribution is -2.15. The number of pyridine rings is 1. The zero-order chi connectivity index (χ0) is 13.1. The molecule has 0 saturated heterocycles. The zero-order valence-corrected chi connectivity index (χ0v) is 11.0. The molecule has 0 fully saturated rings. The van der Waals surface area contributed by atoms with E-state index in [1.165, 1.54) is 0 Å². The fourth-order valence-corrected chi connectivity index (χ4v) is 2.27. The second kappa shape index (κ2) is 5.18. The first-order chi connectivity index (χ1) is 8.58. The maximum absolute atomic E-state index is 11.1. The van der Waals surface area contributed by atoms with Gasteiger partial charge in [0.2, 0.25) is 0 Å². The number of thiophene rings is 1. The van der Waals surface area contributed by atoms with Crippen molar-refractivity contribution < 1.29 is 9.90 Å². The molecule has 0 aliphatic carbocycles. The van der Waals surface area contributed by atoms with Gasteiger partial charge in [-0.2, -0.15) is 0 Å². The van der Waals surface area contributed by atoms with Crippen molar-refractivity contribution >= 4 is 23.1 Å². The molecule has 0 aliphatic heterocycles. The van der Waals surface area contributed by atoms with Crippen LogP contribution in [-0.4, -0.2) is 22.1 Å². The number of carboxylic acid groups (broad SMARTS) is 1. The number of carbonyl (C=O) groups is 1. The van der Waals surface area contributed by atoms with Gasteiger partial charge in [0, 0.05) is 6.04 Å². The third-order valence-corrected chi connectivity index (χ3v) is 3.22. The molecule has 0 radical (unpaired) electrons. The summed E-state index contributed by atoms with van der Waals surface area (Å²) in [5, 5.41) is 14.2. The molecular weight excluding hydrogens is 248 g/mol. The zero-order valence-electron chi connectivity index (χ0n) is 10.2. The third-order valence-electron chi connectivity index (χ3n) is 2.32. The molecule has 0 saturated carbocycles. The van der Waals surface area contributed by atoms with Gasteiger partial charge in [-0.15, -0.1) is 11.3 Å². The average Bonchev–Trinajstić information content (AvgIpc) is 2.81. The Hall–Kier alpha value is -1.88. The Labute approximate surface area is 109 Å². The van der Waals surface area contributed by atoms with Gasteiger partial charge in [0.25, 0.3) is 0 Å². The lowest BCUT2D eigenvalue weighted by atomic mass is 10.2. The largest absolute Gasteiger partial charge is 0.478 e. The second-order valence-electron chi connectivity index (χ2n) is 4.17. The van der Waals surface area contributed by atoms with Crippen molar-refractivity contribution in [2.45, 2.75) is 19.9 Å². The molecule has 2 rings (SSSR count). The summed E-state index contributed by atoms with van der Waals surface area (Å²) >= 11 is 1.58. The van der Waals surface area contributed by atoms with E-state index in [1.807, 2.05) is 31.4 Å². The summed E-state index contributed by atoms with van der Waals surface area (Å²) < 4.78 is 0. The van der Waals surface area contributed by atoms with Gasteiger partial charge in [-0.3, -0.25) is 0 Å². The molecule has 2 heterocycles. The van der Waals surface area contributed by atoms with Crippen LogP contribution >= 0.6 is 11.3 Å². The molecule has 0 bridgehead atoms. The van der Waals surface area contributed by atoms with Crippen LogP contribution in [0.1, 0.15) is 24.2 Å². The monoisotopic (exact) mass is 262 g/mol. The van der Waals surface area contributed by atoms with E-state index in [9.17, 15) is 4.79 Å². The smallest absolute Gasteiger partial charge is 0.339 e. The van der Waals surface area contributed by atoms with E-state index in [0.29, 0.717) is 5.82 Å². The van der Waals surface area contributed by atoms with Crippen molar-refractivity contribution in [1.82, 2.24) is 4.98 Å². The molecule has 4 nitrogen and oxygen atoms in total. The molecule has 18 heavy (non-hydrogen) atoms. The van der Waals surface area contributed by atoms with E-state index < -0.39 is 5.97 Å². The molecule has 0 atom stereocenters. The maximum Gasteiger partial charge on any atom is 0.339 e. The summed E-state index contributed by atoms with van der Waals surface area (Å²) in [5.74, 6) is -0.549. The number of aromatic nitrogens is 1. The van der Waals surface area contributed by atoms with E-state index in [-0.39, 0.29) is 11.6 Å². The van der Waals surface area contributed by atoms with Gasteiger partial charge in [-0.05, 0) is 37.4 Å². The molecule has 5 heteroatoms. The first kappa shape index (κ1) is 12.6. The second-order valence-corrected chi connectivity index (χ2v) is 5.12. The quantitative estimate of drug-likeness (QED) is 0.887. The van der Waals surface area contributed by atoms with Crippen LogP contribution < -0.4 is 5.32 Å². The van der Waals surface area contributed by atoms with Gasteiger partial charge in [0.05, 0.1) is 10.6 Å². The normalized spacial score (nSPS) is 10.6. The van der Waals surface area contributed by atoms with Crippen LogP contribution in [0.2, 0.25) is 0 Å². The van der Waals surface area contributed by atoms with E-state index >= 15 is 0 Å². The third kappa shape index (κ3) is 2.68. The molecule has 0 aliphatic rings. The number of aromatic carboxylic acids is 1. The van der Waals surface area contributed by atoms with Crippen LogP contribution in [0.4, 0.5) is 5.82 Å². The van der Waals surface area contributed by atoms with E-state index in [0.717, 1.165) is 10.6 Å². The fourth-order valence-electron chi connectivity index (χ4n) is 1.58. The van der Waals surface area contributed by atoms with Gasteiger partial charge in [-0.25, -0.2) is 9.78 Å². The highest BCUT2D eigenvalue weighted by Crippen LogP contribution is 2.26. The van der Waals surface area contributed by atoms with Crippen molar-refractivity contribution in [2.24, 2.45) is 0 Å². The number of nitrogens with one attached hydrogen (secondary N) is 1. The number of anilines is 1. The molecular formula is C13H14N2O2S. The summed E-state index contributed by atoms with van der Waals surface area (Å²) in [4.78, 5) is 16.5. The van der Waals surface area contributed by atoms with E-state index in [1.54, 1.807) is 23.5 Å². The minimum Gasteiger partial charge on any atom is -0.478 e. The Balaban J connectivity index is 2.45. The SMILES string of the molecule is CC(C)Nc1nc(-c2cccs2)ccc1C(=O)O. The molecule has 0 spiro atoms. The predicted molar refractivity (Wildman–Crippen MR) is 73.3 cm³/mol. The standard InChI is InChI=1S/C13H14N2O2S/c1-8(2)14-12-9(13(16)17)5-6-10(15-12)11-4-3-7-18-11/h3-8H,1-2H3,(H,14,15)(H,16,17). The number of rotatable bonds is 4. The first-order valence-corrected chi connectivity index (χ1v) is 6.50. The first-order valence-electron chi connectivity index (χ1n) is 5.62. The van der Waals surface area contributed by atoms with Crippen molar-refractivity contribution in [2.75, 3.05) is 5.32 Å². The predicted octanol–water partition coefficient (Wildman–Crippen LogP) is 3.33. The van der Waals surface area contributed by atoms with E-state index in [2.05, 4.69) is 10.3 Å². The van der Waals surface area contributed by atoms with Gasteiger partial charge >= 0.3 is 5.97 Å². The van der Waals surface area contributed by atoms with Crippen LogP contribution in [0.15, 0.2) is 29.6 Å². The van der Waals surface area contributed by atoms with Gasteiger partial charge in [0.1, 0.15) is 11.4 Å². The Kier molecular flexibility index (Phi) is 3.62. The Morgan fingerprint density at radius 1 is 1.39 bits per heavy atom. The minimum atomic E-state index is -0.969. The summed E-state index contributed by atoms with van der Waals surface area (Å²) in [7, 11) is 0.